The molecule has 1 aliphatic rings. The largest absolute Gasteiger partial charge is 0.314 e. The molecule has 21 heavy (non-hydrogen) atoms. The number of fused-ring (bicyclic) bond motifs is 1. The van der Waals surface area contributed by atoms with E-state index in [1.165, 1.54) is 12.8 Å². The molecule has 2 heterocycles. The molecule has 1 atom stereocenters. The summed E-state index contributed by atoms with van der Waals surface area (Å²) < 4.78 is 1.62. The van der Waals surface area contributed by atoms with Crippen molar-refractivity contribution in [1.29, 1.82) is 0 Å². The highest BCUT2D eigenvalue weighted by Crippen LogP contribution is 2.25. The second kappa shape index (κ2) is 6.97. The first-order chi connectivity index (χ1) is 9.66. The first-order valence-electron chi connectivity index (χ1n) is 6.73. The van der Waals surface area contributed by atoms with E-state index in [2.05, 4.69) is 10.3 Å². The molecule has 1 aliphatic heterocycles. The quantitative estimate of drug-likeness (QED) is 0.926. The lowest BCUT2D eigenvalue weighted by molar-refractivity contribution is 0.497. The summed E-state index contributed by atoms with van der Waals surface area (Å²) in [4.78, 5) is 16.7. The maximum atomic E-state index is 12.5. The molecule has 3 rings (SSSR count). The van der Waals surface area contributed by atoms with Crippen molar-refractivity contribution >= 4 is 46.5 Å². The van der Waals surface area contributed by atoms with E-state index in [1.807, 2.05) is 0 Å². The summed E-state index contributed by atoms with van der Waals surface area (Å²) in [7, 11) is 0. The van der Waals surface area contributed by atoms with Crippen molar-refractivity contribution in [3.63, 3.8) is 0 Å². The summed E-state index contributed by atoms with van der Waals surface area (Å²) in [5.74, 6) is 0. The molecule has 0 radical (unpaired) electrons. The Balaban J connectivity index is 0.00000161. The molecule has 0 saturated carbocycles. The number of aromatic nitrogens is 2. The van der Waals surface area contributed by atoms with Gasteiger partial charge in [0.05, 0.1) is 27.3 Å². The van der Waals surface area contributed by atoms with Crippen molar-refractivity contribution < 1.29 is 0 Å². The SMILES string of the molecule is Cl.O=c1c2c(Cl)ccc(Cl)c2ncn1CC[C@@H]1CCCN1. The Hall–Kier alpha value is -0.810. The smallest absolute Gasteiger partial charge is 0.262 e. The molecule has 1 saturated heterocycles. The van der Waals surface area contributed by atoms with Gasteiger partial charge in [-0.1, -0.05) is 23.2 Å². The second-order valence-electron chi connectivity index (χ2n) is 5.08. The zero-order valence-corrected chi connectivity index (χ0v) is 13.6. The Bertz CT molecular complexity index is 696. The number of hydrogen-bond acceptors (Lipinski definition) is 3. The Morgan fingerprint density at radius 2 is 2.10 bits per heavy atom. The molecule has 1 aromatic heterocycles. The molecule has 0 amide bonds. The molecule has 7 heteroatoms. The second-order valence-corrected chi connectivity index (χ2v) is 5.89. The van der Waals surface area contributed by atoms with Crippen molar-refractivity contribution in [3.05, 3.63) is 38.9 Å². The van der Waals surface area contributed by atoms with Crippen LogP contribution in [0.4, 0.5) is 0 Å². The van der Waals surface area contributed by atoms with E-state index >= 15 is 0 Å². The molecule has 114 valence electrons. The molecule has 0 aliphatic carbocycles. The van der Waals surface area contributed by atoms with E-state index < -0.39 is 0 Å². The molecular weight excluding hydrogens is 333 g/mol. The standard InChI is InChI=1S/C14H15Cl2N3O.ClH/c15-10-3-4-11(16)13-12(10)14(20)19(8-18-13)7-5-9-2-1-6-17-9;/h3-4,8-9,17H,1-2,5-7H2;1H/t9-;/m0./s1. The summed E-state index contributed by atoms with van der Waals surface area (Å²) >= 11 is 12.2. The minimum absolute atomic E-state index is 0. The van der Waals surface area contributed by atoms with Gasteiger partial charge >= 0.3 is 0 Å². The summed E-state index contributed by atoms with van der Waals surface area (Å²) in [5.41, 5.74) is 0.347. The van der Waals surface area contributed by atoms with Gasteiger partial charge in [-0.25, -0.2) is 4.98 Å². The molecule has 2 aromatic rings. The molecule has 1 N–H and O–H groups in total. The number of hydrogen-bond donors (Lipinski definition) is 1. The monoisotopic (exact) mass is 347 g/mol. The van der Waals surface area contributed by atoms with Crippen LogP contribution in [0.15, 0.2) is 23.3 Å². The van der Waals surface area contributed by atoms with Crippen molar-refractivity contribution in [2.75, 3.05) is 6.54 Å². The third-order valence-electron chi connectivity index (χ3n) is 3.76. The van der Waals surface area contributed by atoms with Crippen molar-refractivity contribution in [2.24, 2.45) is 0 Å². The van der Waals surface area contributed by atoms with Crippen LogP contribution in [-0.4, -0.2) is 22.1 Å². The fraction of sp³-hybridized carbons (Fsp3) is 0.429. The molecule has 1 aromatic carbocycles. The Labute approximate surface area is 138 Å². The van der Waals surface area contributed by atoms with Crippen LogP contribution in [0, 0.1) is 0 Å². The van der Waals surface area contributed by atoms with Crippen LogP contribution in [0.5, 0.6) is 0 Å². The van der Waals surface area contributed by atoms with E-state index in [0.29, 0.717) is 33.5 Å². The third kappa shape index (κ3) is 3.34. The fourth-order valence-electron chi connectivity index (χ4n) is 2.65. The number of halogens is 3. The van der Waals surface area contributed by atoms with E-state index in [-0.39, 0.29) is 18.0 Å². The van der Waals surface area contributed by atoms with Crippen molar-refractivity contribution in [3.8, 4) is 0 Å². The first kappa shape index (κ1) is 16.6. The normalized spacial score (nSPS) is 17.9. The minimum Gasteiger partial charge on any atom is -0.314 e. The maximum Gasteiger partial charge on any atom is 0.262 e. The van der Waals surface area contributed by atoms with Crippen LogP contribution < -0.4 is 10.9 Å². The topological polar surface area (TPSA) is 46.9 Å². The maximum absolute atomic E-state index is 12.5. The lowest BCUT2D eigenvalue weighted by atomic mass is 10.1. The molecule has 0 bridgehead atoms. The number of nitrogens with one attached hydrogen (secondary N) is 1. The molecule has 1 fully saturated rings. The summed E-state index contributed by atoms with van der Waals surface area (Å²) in [6, 6.07) is 3.79. The predicted molar refractivity (Wildman–Crippen MR) is 88.9 cm³/mol. The Morgan fingerprint density at radius 1 is 1.33 bits per heavy atom. The number of nitrogens with zero attached hydrogens (tertiary/aromatic N) is 2. The van der Waals surface area contributed by atoms with Gasteiger partial charge in [0.1, 0.15) is 0 Å². The molecule has 0 spiro atoms. The van der Waals surface area contributed by atoms with Gasteiger partial charge < -0.3 is 5.32 Å². The summed E-state index contributed by atoms with van der Waals surface area (Å²) in [5, 5.41) is 4.67. The van der Waals surface area contributed by atoms with Gasteiger partial charge in [-0.15, -0.1) is 12.4 Å². The van der Waals surface area contributed by atoms with E-state index in [9.17, 15) is 4.79 Å². The van der Waals surface area contributed by atoms with Gasteiger partial charge in [-0.05, 0) is 37.9 Å². The summed E-state index contributed by atoms with van der Waals surface area (Å²) in [6.45, 7) is 1.71. The fourth-order valence-corrected chi connectivity index (χ4v) is 3.09. The Morgan fingerprint density at radius 3 is 2.81 bits per heavy atom. The highest BCUT2D eigenvalue weighted by atomic mass is 35.5. The van der Waals surface area contributed by atoms with Crippen LogP contribution >= 0.6 is 35.6 Å². The van der Waals surface area contributed by atoms with Gasteiger partial charge in [0.2, 0.25) is 0 Å². The Kier molecular flexibility index (Phi) is 5.49. The zero-order chi connectivity index (χ0) is 14.1. The van der Waals surface area contributed by atoms with Gasteiger partial charge in [-0.3, -0.25) is 9.36 Å². The molecular formula is C14H16Cl3N3O. The van der Waals surface area contributed by atoms with Crippen LogP contribution in [0.2, 0.25) is 10.0 Å². The van der Waals surface area contributed by atoms with E-state index in [4.69, 9.17) is 23.2 Å². The van der Waals surface area contributed by atoms with Gasteiger partial charge in [0, 0.05) is 12.6 Å². The molecule has 4 nitrogen and oxygen atoms in total. The minimum atomic E-state index is -0.125. The first-order valence-corrected chi connectivity index (χ1v) is 7.49. The lowest BCUT2D eigenvalue weighted by Gasteiger charge is -2.12. The van der Waals surface area contributed by atoms with Crippen LogP contribution in [0.25, 0.3) is 10.9 Å². The van der Waals surface area contributed by atoms with Gasteiger partial charge in [-0.2, -0.15) is 0 Å². The van der Waals surface area contributed by atoms with Crippen LogP contribution in [-0.2, 0) is 6.54 Å². The van der Waals surface area contributed by atoms with Gasteiger partial charge in [0.15, 0.2) is 0 Å². The predicted octanol–water partition coefficient (Wildman–Crippen LogP) is 3.27. The van der Waals surface area contributed by atoms with Gasteiger partial charge in [0.25, 0.3) is 5.56 Å². The summed E-state index contributed by atoms with van der Waals surface area (Å²) in [6.07, 6.45) is 4.85. The van der Waals surface area contributed by atoms with E-state index in [1.54, 1.807) is 23.0 Å². The van der Waals surface area contributed by atoms with Crippen LogP contribution in [0.3, 0.4) is 0 Å². The third-order valence-corrected chi connectivity index (χ3v) is 4.38. The van der Waals surface area contributed by atoms with E-state index in [0.717, 1.165) is 13.0 Å². The van der Waals surface area contributed by atoms with Crippen molar-refractivity contribution in [2.45, 2.75) is 31.8 Å². The average Bonchev–Trinajstić information content (AvgIpc) is 2.95. The molecule has 0 unspecified atom stereocenters. The number of benzene rings is 1. The highest BCUT2D eigenvalue weighted by Gasteiger charge is 2.15. The highest BCUT2D eigenvalue weighted by molar-refractivity contribution is 6.39. The van der Waals surface area contributed by atoms with Crippen LogP contribution in [0.1, 0.15) is 19.3 Å². The number of aryl methyl sites for hydroxylation is 1. The zero-order valence-electron chi connectivity index (χ0n) is 11.3. The average molecular weight is 349 g/mol. The van der Waals surface area contributed by atoms with Crippen molar-refractivity contribution in [1.82, 2.24) is 14.9 Å². The number of rotatable bonds is 3. The lowest BCUT2D eigenvalue weighted by Crippen LogP contribution is -2.27.